The SMILES string of the molecule is CC(C)c1nn2nccc2[nH]1. The van der Waals surface area contributed by atoms with Gasteiger partial charge in [-0.1, -0.05) is 13.8 Å². The van der Waals surface area contributed by atoms with E-state index in [9.17, 15) is 0 Å². The molecule has 0 aliphatic heterocycles. The number of aromatic amines is 1. The van der Waals surface area contributed by atoms with E-state index in [0.29, 0.717) is 5.92 Å². The molecule has 0 radical (unpaired) electrons. The van der Waals surface area contributed by atoms with Gasteiger partial charge in [-0.3, -0.25) is 0 Å². The van der Waals surface area contributed by atoms with Crippen molar-refractivity contribution in [2.75, 3.05) is 0 Å². The number of hydrogen-bond donors (Lipinski definition) is 1. The van der Waals surface area contributed by atoms with Gasteiger partial charge in [0, 0.05) is 12.0 Å². The Kier molecular flexibility index (Phi) is 1.21. The second kappa shape index (κ2) is 2.08. The molecule has 0 amide bonds. The highest BCUT2D eigenvalue weighted by molar-refractivity contribution is 5.34. The largest absolute Gasteiger partial charge is 0.325 e. The Hall–Kier alpha value is -1.32. The van der Waals surface area contributed by atoms with Crippen LogP contribution < -0.4 is 0 Å². The van der Waals surface area contributed by atoms with E-state index in [1.807, 2.05) is 6.07 Å². The molecule has 0 saturated heterocycles. The van der Waals surface area contributed by atoms with E-state index in [1.54, 1.807) is 10.8 Å². The molecule has 2 heterocycles. The Morgan fingerprint density at radius 1 is 1.55 bits per heavy atom. The summed E-state index contributed by atoms with van der Waals surface area (Å²) in [5.41, 5.74) is 0.953. The van der Waals surface area contributed by atoms with Crippen molar-refractivity contribution in [1.82, 2.24) is 19.8 Å². The van der Waals surface area contributed by atoms with Crippen molar-refractivity contribution < 1.29 is 0 Å². The maximum Gasteiger partial charge on any atom is 0.155 e. The lowest BCUT2D eigenvalue weighted by molar-refractivity contribution is 0.730. The van der Waals surface area contributed by atoms with Crippen LogP contribution in [0, 0.1) is 0 Å². The van der Waals surface area contributed by atoms with Crippen LogP contribution in [0.25, 0.3) is 5.65 Å². The summed E-state index contributed by atoms with van der Waals surface area (Å²) in [5, 5.41) is 8.22. The number of nitrogens with zero attached hydrogens (tertiary/aromatic N) is 3. The van der Waals surface area contributed by atoms with Gasteiger partial charge >= 0.3 is 0 Å². The fourth-order valence-corrected chi connectivity index (χ4v) is 0.985. The summed E-state index contributed by atoms with van der Waals surface area (Å²) in [6.45, 7) is 4.19. The highest BCUT2D eigenvalue weighted by Crippen LogP contribution is 2.09. The third-order valence-electron chi connectivity index (χ3n) is 1.63. The number of aromatic nitrogens is 4. The summed E-state index contributed by atoms with van der Waals surface area (Å²) in [5.74, 6) is 1.41. The second-order valence-electron chi connectivity index (χ2n) is 2.87. The maximum absolute atomic E-state index is 4.22. The monoisotopic (exact) mass is 150 g/mol. The molecule has 2 rings (SSSR count). The van der Waals surface area contributed by atoms with Crippen LogP contribution in [0.5, 0.6) is 0 Å². The number of rotatable bonds is 1. The van der Waals surface area contributed by atoms with Crippen LogP contribution in [0.2, 0.25) is 0 Å². The van der Waals surface area contributed by atoms with Crippen molar-refractivity contribution in [2.45, 2.75) is 19.8 Å². The van der Waals surface area contributed by atoms with E-state index in [2.05, 4.69) is 29.0 Å². The summed E-state index contributed by atoms with van der Waals surface area (Å²) in [6.07, 6.45) is 1.73. The van der Waals surface area contributed by atoms with Gasteiger partial charge in [0.15, 0.2) is 5.65 Å². The van der Waals surface area contributed by atoms with Crippen molar-refractivity contribution in [3.63, 3.8) is 0 Å². The lowest BCUT2D eigenvalue weighted by atomic mass is 10.2. The predicted octanol–water partition coefficient (Wildman–Crippen LogP) is 1.18. The van der Waals surface area contributed by atoms with Gasteiger partial charge in [0.1, 0.15) is 5.82 Å². The molecule has 2 aromatic rings. The van der Waals surface area contributed by atoms with E-state index in [-0.39, 0.29) is 0 Å². The zero-order valence-corrected chi connectivity index (χ0v) is 6.57. The van der Waals surface area contributed by atoms with Crippen molar-refractivity contribution in [3.8, 4) is 0 Å². The summed E-state index contributed by atoms with van der Waals surface area (Å²) >= 11 is 0. The molecule has 58 valence electrons. The van der Waals surface area contributed by atoms with Gasteiger partial charge in [-0.25, -0.2) is 0 Å². The van der Waals surface area contributed by atoms with E-state index in [4.69, 9.17) is 0 Å². The van der Waals surface area contributed by atoms with Crippen LogP contribution in [0.15, 0.2) is 12.3 Å². The van der Waals surface area contributed by atoms with Gasteiger partial charge in [-0.2, -0.15) is 5.10 Å². The molecule has 0 aliphatic rings. The first kappa shape index (κ1) is 6.39. The Labute approximate surface area is 64.2 Å². The van der Waals surface area contributed by atoms with Crippen molar-refractivity contribution in [3.05, 3.63) is 18.1 Å². The topological polar surface area (TPSA) is 46.0 Å². The van der Waals surface area contributed by atoms with E-state index in [0.717, 1.165) is 11.5 Å². The van der Waals surface area contributed by atoms with Crippen LogP contribution in [0.4, 0.5) is 0 Å². The minimum absolute atomic E-state index is 0.427. The van der Waals surface area contributed by atoms with Gasteiger partial charge in [-0.05, 0) is 0 Å². The van der Waals surface area contributed by atoms with Gasteiger partial charge in [-0.15, -0.1) is 9.73 Å². The predicted molar refractivity (Wildman–Crippen MR) is 41.4 cm³/mol. The number of nitrogens with one attached hydrogen (secondary N) is 1. The molecule has 11 heavy (non-hydrogen) atoms. The Morgan fingerprint density at radius 3 is 3.00 bits per heavy atom. The molecule has 0 aliphatic carbocycles. The molecule has 0 fully saturated rings. The molecular formula is C7H10N4. The Bertz CT molecular complexity index is 329. The zero-order valence-electron chi connectivity index (χ0n) is 6.57. The molecule has 4 heteroatoms. The molecule has 0 aromatic carbocycles. The fourth-order valence-electron chi connectivity index (χ4n) is 0.985. The summed E-state index contributed by atoms with van der Waals surface area (Å²) in [6, 6.07) is 1.90. The van der Waals surface area contributed by atoms with Gasteiger partial charge < -0.3 is 4.98 Å². The Morgan fingerprint density at radius 2 is 2.36 bits per heavy atom. The number of H-pyrrole nitrogens is 1. The molecule has 0 atom stereocenters. The van der Waals surface area contributed by atoms with Crippen molar-refractivity contribution >= 4 is 5.65 Å². The normalized spacial score (nSPS) is 11.5. The average Bonchev–Trinajstić information content (AvgIpc) is 2.40. The molecule has 0 spiro atoms. The number of hydrogen-bond acceptors (Lipinski definition) is 2. The van der Waals surface area contributed by atoms with E-state index in [1.165, 1.54) is 0 Å². The molecule has 0 saturated carbocycles. The second-order valence-corrected chi connectivity index (χ2v) is 2.87. The minimum Gasteiger partial charge on any atom is -0.325 e. The van der Waals surface area contributed by atoms with Crippen molar-refractivity contribution in [1.29, 1.82) is 0 Å². The van der Waals surface area contributed by atoms with Crippen LogP contribution in [-0.2, 0) is 0 Å². The minimum atomic E-state index is 0.427. The quantitative estimate of drug-likeness (QED) is 0.663. The van der Waals surface area contributed by atoms with Crippen molar-refractivity contribution in [2.24, 2.45) is 0 Å². The average molecular weight is 150 g/mol. The van der Waals surface area contributed by atoms with Gasteiger partial charge in [0.05, 0.1) is 6.20 Å². The maximum atomic E-state index is 4.22. The van der Waals surface area contributed by atoms with Gasteiger partial charge in [0.25, 0.3) is 0 Å². The Balaban J connectivity index is 2.58. The fraction of sp³-hybridized carbons (Fsp3) is 0.429. The third kappa shape index (κ3) is 0.906. The first-order chi connectivity index (χ1) is 5.27. The zero-order chi connectivity index (χ0) is 7.84. The molecule has 0 unspecified atom stereocenters. The first-order valence-electron chi connectivity index (χ1n) is 3.67. The molecule has 1 N–H and O–H groups in total. The van der Waals surface area contributed by atoms with Gasteiger partial charge in [0.2, 0.25) is 0 Å². The molecule has 0 bridgehead atoms. The van der Waals surface area contributed by atoms with Crippen LogP contribution in [0.1, 0.15) is 25.6 Å². The van der Waals surface area contributed by atoms with Crippen LogP contribution in [0.3, 0.4) is 0 Å². The lowest BCUT2D eigenvalue weighted by Gasteiger charge is -1.94. The van der Waals surface area contributed by atoms with Crippen LogP contribution >= 0.6 is 0 Å². The first-order valence-corrected chi connectivity index (χ1v) is 3.67. The standard InChI is InChI=1S/C7H10N4/c1-5(2)7-9-6-3-4-8-11(6)10-7/h3-5H,1-2H3,(H,9,10). The summed E-state index contributed by atoms with van der Waals surface area (Å²) in [4.78, 5) is 3.16. The third-order valence-corrected chi connectivity index (χ3v) is 1.63. The number of fused-ring (bicyclic) bond motifs is 1. The smallest absolute Gasteiger partial charge is 0.155 e. The summed E-state index contributed by atoms with van der Waals surface area (Å²) < 4.78 is 1.61. The lowest BCUT2D eigenvalue weighted by Crippen LogP contribution is -1.92. The summed E-state index contributed by atoms with van der Waals surface area (Å²) in [7, 11) is 0. The molecular weight excluding hydrogens is 140 g/mol. The molecule has 4 nitrogen and oxygen atoms in total. The molecule has 2 aromatic heterocycles. The highest BCUT2D eigenvalue weighted by atomic mass is 15.5. The van der Waals surface area contributed by atoms with E-state index < -0.39 is 0 Å². The van der Waals surface area contributed by atoms with Crippen LogP contribution in [-0.4, -0.2) is 19.8 Å². The highest BCUT2D eigenvalue weighted by Gasteiger charge is 2.05. The van der Waals surface area contributed by atoms with E-state index >= 15 is 0 Å².